The van der Waals surface area contributed by atoms with Gasteiger partial charge in [-0.15, -0.1) is 0 Å². The van der Waals surface area contributed by atoms with Gasteiger partial charge in [-0.2, -0.15) is 5.10 Å². The quantitative estimate of drug-likeness (QED) is 0.576. The van der Waals surface area contributed by atoms with E-state index < -0.39 is 0 Å². The normalized spacial score (nSPS) is 23.2. The summed E-state index contributed by atoms with van der Waals surface area (Å²) in [5, 5.41) is 4.34. The lowest BCUT2D eigenvalue weighted by molar-refractivity contribution is -0.0407. The zero-order valence-corrected chi connectivity index (χ0v) is 11.2. The van der Waals surface area contributed by atoms with Crippen molar-refractivity contribution in [1.29, 1.82) is 0 Å². The number of hydrazine groups is 1. The Balaban J connectivity index is 2.13. The van der Waals surface area contributed by atoms with Crippen LogP contribution in [0.25, 0.3) is 0 Å². The summed E-state index contributed by atoms with van der Waals surface area (Å²) in [7, 11) is 2.10. The molecule has 1 saturated heterocycles. The summed E-state index contributed by atoms with van der Waals surface area (Å²) < 4.78 is 7.84. The zero-order valence-electron chi connectivity index (χ0n) is 11.2. The van der Waals surface area contributed by atoms with E-state index in [1.165, 1.54) is 0 Å². The highest BCUT2D eigenvalue weighted by Crippen LogP contribution is 2.21. The van der Waals surface area contributed by atoms with Crippen LogP contribution in [-0.4, -0.2) is 47.5 Å². The SMILES string of the molecule is CCCn1nccc1C(NN)C1CN(C)CCO1. The second-order valence-electron chi connectivity index (χ2n) is 4.80. The van der Waals surface area contributed by atoms with Crippen LogP contribution in [0.5, 0.6) is 0 Å². The summed E-state index contributed by atoms with van der Waals surface area (Å²) >= 11 is 0. The van der Waals surface area contributed by atoms with Crippen molar-refractivity contribution in [1.82, 2.24) is 20.1 Å². The summed E-state index contributed by atoms with van der Waals surface area (Å²) in [4.78, 5) is 2.26. The number of hydrogen-bond donors (Lipinski definition) is 2. The van der Waals surface area contributed by atoms with E-state index in [2.05, 4.69) is 29.4 Å². The minimum Gasteiger partial charge on any atom is -0.373 e. The highest BCUT2D eigenvalue weighted by Gasteiger charge is 2.29. The first-order valence-corrected chi connectivity index (χ1v) is 6.54. The van der Waals surface area contributed by atoms with Crippen molar-refractivity contribution in [3.05, 3.63) is 18.0 Å². The van der Waals surface area contributed by atoms with Crippen molar-refractivity contribution >= 4 is 0 Å². The maximum atomic E-state index is 5.83. The third-order valence-corrected chi connectivity index (χ3v) is 3.35. The first kappa shape index (κ1) is 13.5. The number of aryl methyl sites for hydroxylation is 1. The van der Waals surface area contributed by atoms with E-state index in [-0.39, 0.29) is 12.1 Å². The Bertz CT molecular complexity index is 367. The Morgan fingerprint density at radius 1 is 1.67 bits per heavy atom. The van der Waals surface area contributed by atoms with Crippen molar-refractivity contribution in [3.63, 3.8) is 0 Å². The third kappa shape index (κ3) is 2.89. The van der Waals surface area contributed by atoms with Crippen LogP contribution in [0.3, 0.4) is 0 Å². The molecule has 1 aromatic heterocycles. The minimum atomic E-state index is -0.0122. The fourth-order valence-corrected chi connectivity index (χ4v) is 2.40. The maximum absolute atomic E-state index is 5.83. The molecule has 2 unspecified atom stereocenters. The summed E-state index contributed by atoms with van der Waals surface area (Å²) in [6.45, 7) is 5.65. The van der Waals surface area contributed by atoms with Crippen LogP contribution in [0.2, 0.25) is 0 Å². The molecule has 1 aliphatic rings. The Hall–Kier alpha value is -0.950. The summed E-state index contributed by atoms with van der Waals surface area (Å²) in [5.41, 5.74) is 3.98. The maximum Gasteiger partial charge on any atom is 0.0924 e. The van der Waals surface area contributed by atoms with Crippen LogP contribution < -0.4 is 11.3 Å². The molecular weight excluding hydrogens is 230 g/mol. The molecule has 1 aliphatic heterocycles. The second-order valence-corrected chi connectivity index (χ2v) is 4.80. The molecule has 2 heterocycles. The standard InChI is InChI=1S/C12H23N5O/c1-3-6-17-10(4-5-14-17)12(15-13)11-9-16(2)7-8-18-11/h4-5,11-12,15H,3,6-9,13H2,1-2H3. The van der Waals surface area contributed by atoms with E-state index in [0.717, 1.165) is 38.4 Å². The smallest absolute Gasteiger partial charge is 0.0924 e. The van der Waals surface area contributed by atoms with Gasteiger partial charge < -0.3 is 9.64 Å². The minimum absolute atomic E-state index is 0.0122. The number of nitrogens with two attached hydrogens (primary N) is 1. The molecule has 6 nitrogen and oxygen atoms in total. The summed E-state index contributed by atoms with van der Waals surface area (Å²) in [6.07, 6.45) is 2.94. The zero-order chi connectivity index (χ0) is 13.0. The van der Waals surface area contributed by atoms with E-state index in [1.807, 2.05) is 16.9 Å². The Morgan fingerprint density at radius 3 is 3.17 bits per heavy atom. The van der Waals surface area contributed by atoms with Crippen molar-refractivity contribution in [2.75, 3.05) is 26.7 Å². The van der Waals surface area contributed by atoms with E-state index >= 15 is 0 Å². The lowest BCUT2D eigenvalue weighted by Crippen LogP contribution is -2.48. The monoisotopic (exact) mass is 253 g/mol. The molecule has 0 bridgehead atoms. The highest BCUT2D eigenvalue weighted by atomic mass is 16.5. The van der Waals surface area contributed by atoms with Gasteiger partial charge in [-0.05, 0) is 19.5 Å². The van der Waals surface area contributed by atoms with Gasteiger partial charge in [-0.25, -0.2) is 5.43 Å². The highest BCUT2D eigenvalue weighted by molar-refractivity contribution is 5.09. The van der Waals surface area contributed by atoms with E-state index in [1.54, 1.807) is 0 Å². The molecule has 2 atom stereocenters. The molecule has 2 rings (SSSR count). The molecule has 1 aromatic rings. The van der Waals surface area contributed by atoms with Crippen molar-refractivity contribution in [3.8, 4) is 0 Å². The molecular formula is C12H23N5O. The van der Waals surface area contributed by atoms with Gasteiger partial charge in [0.15, 0.2) is 0 Å². The Labute approximate surface area is 108 Å². The van der Waals surface area contributed by atoms with Gasteiger partial charge in [0.05, 0.1) is 24.4 Å². The molecule has 0 amide bonds. The number of nitrogens with one attached hydrogen (secondary N) is 1. The molecule has 1 fully saturated rings. The number of morpholine rings is 1. The average Bonchev–Trinajstić information content (AvgIpc) is 2.79. The molecule has 0 spiro atoms. The first-order valence-electron chi connectivity index (χ1n) is 6.54. The summed E-state index contributed by atoms with van der Waals surface area (Å²) in [5.74, 6) is 5.72. The average molecular weight is 253 g/mol. The Morgan fingerprint density at radius 2 is 2.50 bits per heavy atom. The summed E-state index contributed by atoms with van der Waals surface area (Å²) in [6, 6.07) is 2.00. The molecule has 0 saturated carbocycles. The number of ether oxygens (including phenoxy) is 1. The van der Waals surface area contributed by atoms with E-state index in [4.69, 9.17) is 10.6 Å². The van der Waals surface area contributed by atoms with Crippen LogP contribution in [0.15, 0.2) is 12.3 Å². The van der Waals surface area contributed by atoms with Crippen LogP contribution >= 0.6 is 0 Å². The third-order valence-electron chi connectivity index (χ3n) is 3.35. The van der Waals surface area contributed by atoms with Gasteiger partial charge in [-0.3, -0.25) is 10.5 Å². The molecule has 0 aromatic carbocycles. The van der Waals surface area contributed by atoms with Crippen LogP contribution in [0.1, 0.15) is 25.1 Å². The predicted octanol–water partition coefficient (Wildman–Crippen LogP) is 0.128. The topological polar surface area (TPSA) is 68.3 Å². The number of nitrogens with zero attached hydrogens (tertiary/aromatic N) is 3. The first-order chi connectivity index (χ1) is 8.76. The van der Waals surface area contributed by atoms with Crippen LogP contribution in [0.4, 0.5) is 0 Å². The molecule has 6 heteroatoms. The van der Waals surface area contributed by atoms with Crippen molar-refractivity contribution < 1.29 is 4.74 Å². The van der Waals surface area contributed by atoms with Crippen LogP contribution in [-0.2, 0) is 11.3 Å². The fraction of sp³-hybridized carbons (Fsp3) is 0.750. The van der Waals surface area contributed by atoms with Gasteiger partial charge in [0, 0.05) is 25.8 Å². The van der Waals surface area contributed by atoms with Crippen molar-refractivity contribution in [2.24, 2.45) is 5.84 Å². The van der Waals surface area contributed by atoms with Gasteiger partial charge in [0.2, 0.25) is 0 Å². The molecule has 102 valence electrons. The van der Waals surface area contributed by atoms with Gasteiger partial charge in [0.1, 0.15) is 0 Å². The van der Waals surface area contributed by atoms with Crippen LogP contribution in [0, 0.1) is 0 Å². The van der Waals surface area contributed by atoms with Gasteiger partial charge >= 0.3 is 0 Å². The number of aromatic nitrogens is 2. The largest absolute Gasteiger partial charge is 0.373 e. The number of likely N-dealkylation sites (N-methyl/N-ethyl adjacent to an activating group) is 1. The lowest BCUT2D eigenvalue weighted by atomic mass is 10.1. The van der Waals surface area contributed by atoms with E-state index in [9.17, 15) is 0 Å². The molecule has 0 aliphatic carbocycles. The van der Waals surface area contributed by atoms with Gasteiger partial charge in [0.25, 0.3) is 0 Å². The predicted molar refractivity (Wildman–Crippen MR) is 69.8 cm³/mol. The molecule has 3 N–H and O–H groups in total. The lowest BCUT2D eigenvalue weighted by Gasteiger charge is -2.35. The van der Waals surface area contributed by atoms with Gasteiger partial charge in [-0.1, -0.05) is 6.92 Å². The van der Waals surface area contributed by atoms with Crippen molar-refractivity contribution in [2.45, 2.75) is 32.0 Å². The number of hydrogen-bond acceptors (Lipinski definition) is 5. The Kier molecular flexibility index (Phi) is 4.71. The van der Waals surface area contributed by atoms with E-state index in [0.29, 0.717) is 0 Å². The fourth-order valence-electron chi connectivity index (χ4n) is 2.40. The molecule has 0 radical (unpaired) electrons. The number of rotatable bonds is 5. The second kappa shape index (κ2) is 6.29. The molecule has 18 heavy (non-hydrogen) atoms.